The molecule has 0 fully saturated rings. The molecule has 0 aliphatic heterocycles. The van der Waals surface area contributed by atoms with Crippen molar-refractivity contribution >= 4 is 6.29 Å². The number of rotatable bonds is 3. The summed E-state index contributed by atoms with van der Waals surface area (Å²) in [4.78, 5) is 11.1. The van der Waals surface area contributed by atoms with E-state index in [1.165, 1.54) is 5.56 Å². The van der Waals surface area contributed by atoms with E-state index in [1.54, 1.807) is 14.2 Å². The summed E-state index contributed by atoms with van der Waals surface area (Å²) < 4.78 is 10.4. The highest BCUT2D eigenvalue weighted by molar-refractivity contribution is 5.85. The molecule has 80 valence electrons. The van der Waals surface area contributed by atoms with E-state index in [1.807, 2.05) is 6.07 Å². The van der Waals surface area contributed by atoms with E-state index in [-0.39, 0.29) is 0 Å². The largest absolute Gasteiger partial charge is 0.493 e. The molecular formula is C12H14O3. The number of carbonyl (C=O) groups is 1. The van der Waals surface area contributed by atoms with Crippen molar-refractivity contribution in [1.82, 2.24) is 0 Å². The first-order valence-corrected chi connectivity index (χ1v) is 5.03. The number of aryl methyl sites for hydroxylation is 1. The van der Waals surface area contributed by atoms with Crippen LogP contribution >= 0.6 is 0 Å². The molecule has 1 aromatic carbocycles. The molecule has 0 atom stereocenters. The Morgan fingerprint density at radius 3 is 2.67 bits per heavy atom. The normalized spacial score (nSPS) is 13.5. The first-order valence-electron chi connectivity index (χ1n) is 5.03. The van der Waals surface area contributed by atoms with E-state index in [4.69, 9.17) is 9.47 Å². The van der Waals surface area contributed by atoms with Crippen LogP contribution in [-0.2, 0) is 12.8 Å². The Morgan fingerprint density at radius 1 is 1.27 bits per heavy atom. The highest BCUT2D eigenvalue weighted by Gasteiger charge is 2.21. The molecule has 0 saturated heterocycles. The molecule has 3 nitrogen and oxygen atoms in total. The Balaban J connectivity index is 2.66. The third-order valence-corrected chi connectivity index (χ3v) is 2.90. The van der Waals surface area contributed by atoms with Crippen molar-refractivity contribution in [2.45, 2.75) is 19.3 Å². The van der Waals surface area contributed by atoms with Gasteiger partial charge in [-0.1, -0.05) is 0 Å². The number of carbonyl (C=O) groups excluding carboxylic acids is 1. The van der Waals surface area contributed by atoms with E-state index in [2.05, 4.69) is 0 Å². The van der Waals surface area contributed by atoms with Crippen molar-refractivity contribution in [3.63, 3.8) is 0 Å². The zero-order chi connectivity index (χ0) is 10.8. The molecule has 3 heteroatoms. The summed E-state index contributed by atoms with van der Waals surface area (Å²) in [5.41, 5.74) is 3.00. The lowest BCUT2D eigenvalue weighted by Gasteiger charge is -2.13. The van der Waals surface area contributed by atoms with E-state index in [9.17, 15) is 4.79 Å². The van der Waals surface area contributed by atoms with Gasteiger partial charge in [0.15, 0.2) is 17.8 Å². The first kappa shape index (κ1) is 10.0. The number of hydrogen-bond donors (Lipinski definition) is 0. The second-order valence-electron chi connectivity index (χ2n) is 3.63. The fourth-order valence-corrected chi connectivity index (χ4v) is 2.21. The molecule has 1 aliphatic carbocycles. The zero-order valence-electron chi connectivity index (χ0n) is 9.00. The van der Waals surface area contributed by atoms with Crippen LogP contribution in [0.2, 0.25) is 0 Å². The number of ether oxygens (including phenoxy) is 2. The third-order valence-electron chi connectivity index (χ3n) is 2.90. The summed E-state index contributed by atoms with van der Waals surface area (Å²) >= 11 is 0. The van der Waals surface area contributed by atoms with Gasteiger partial charge in [-0.3, -0.25) is 4.79 Å². The molecule has 0 unspecified atom stereocenters. The van der Waals surface area contributed by atoms with Gasteiger partial charge in [0.2, 0.25) is 0 Å². The van der Waals surface area contributed by atoms with Gasteiger partial charge in [-0.05, 0) is 36.5 Å². The fourth-order valence-electron chi connectivity index (χ4n) is 2.21. The summed E-state index contributed by atoms with van der Waals surface area (Å²) in [6.07, 6.45) is 3.96. The van der Waals surface area contributed by atoms with Crippen LogP contribution < -0.4 is 9.47 Å². The lowest BCUT2D eigenvalue weighted by atomic mass is 10.0. The molecule has 15 heavy (non-hydrogen) atoms. The van der Waals surface area contributed by atoms with Crippen LogP contribution in [0.4, 0.5) is 0 Å². The maximum absolute atomic E-state index is 11.1. The molecule has 1 aromatic rings. The SMILES string of the molecule is COc1cc2c(c(C=O)c1OC)CCC2. The maximum atomic E-state index is 11.1. The minimum Gasteiger partial charge on any atom is -0.493 e. The molecule has 0 N–H and O–H groups in total. The molecule has 0 bridgehead atoms. The molecule has 0 saturated carbocycles. The van der Waals surface area contributed by atoms with Gasteiger partial charge in [0.25, 0.3) is 0 Å². The van der Waals surface area contributed by atoms with Crippen molar-refractivity contribution in [3.05, 3.63) is 22.8 Å². The van der Waals surface area contributed by atoms with E-state index in [0.717, 1.165) is 31.1 Å². The van der Waals surface area contributed by atoms with Gasteiger partial charge in [0.05, 0.1) is 19.8 Å². The fraction of sp³-hybridized carbons (Fsp3) is 0.417. The van der Waals surface area contributed by atoms with Crippen LogP contribution in [0.1, 0.15) is 27.9 Å². The Kier molecular flexibility index (Phi) is 2.62. The molecule has 2 rings (SSSR count). The van der Waals surface area contributed by atoms with Gasteiger partial charge in [0.1, 0.15) is 0 Å². The van der Waals surface area contributed by atoms with Crippen molar-refractivity contribution in [2.75, 3.05) is 14.2 Å². The molecular weight excluding hydrogens is 192 g/mol. The summed E-state index contributed by atoms with van der Waals surface area (Å²) in [5, 5.41) is 0. The third kappa shape index (κ3) is 1.48. The van der Waals surface area contributed by atoms with E-state index in [0.29, 0.717) is 17.1 Å². The Morgan fingerprint density at radius 2 is 2.07 bits per heavy atom. The van der Waals surface area contributed by atoms with Crippen molar-refractivity contribution < 1.29 is 14.3 Å². The second kappa shape index (κ2) is 3.93. The Bertz CT molecular complexity index is 396. The van der Waals surface area contributed by atoms with Crippen molar-refractivity contribution in [3.8, 4) is 11.5 Å². The quantitative estimate of drug-likeness (QED) is 0.709. The van der Waals surface area contributed by atoms with Crippen LogP contribution in [-0.4, -0.2) is 20.5 Å². The van der Waals surface area contributed by atoms with Gasteiger partial charge in [-0.25, -0.2) is 0 Å². The predicted octanol–water partition coefficient (Wildman–Crippen LogP) is 2.00. The number of aldehydes is 1. The minimum atomic E-state index is 0.563. The lowest BCUT2D eigenvalue weighted by Crippen LogP contribution is -2.00. The predicted molar refractivity (Wildman–Crippen MR) is 57.0 cm³/mol. The summed E-state index contributed by atoms with van der Waals surface area (Å²) in [5.74, 6) is 1.22. The van der Waals surface area contributed by atoms with Crippen LogP contribution in [0.25, 0.3) is 0 Å². The molecule has 0 aromatic heterocycles. The lowest BCUT2D eigenvalue weighted by molar-refractivity contribution is 0.111. The minimum absolute atomic E-state index is 0.563. The summed E-state index contributed by atoms with van der Waals surface area (Å²) in [7, 11) is 3.15. The van der Waals surface area contributed by atoms with Crippen LogP contribution in [0, 0.1) is 0 Å². The van der Waals surface area contributed by atoms with Gasteiger partial charge in [-0.2, -0.15) is 0 Å². The Hall–Kier alpha value is -1.51. The van der Waals surface area contributed by atoms with Crippen molar-refractivity contribution in [2.24, 2.45) is 0 Å². The van der Waals surface area contributed by atoms with E-state index >= 15 is 0 Å². The Labute approximate surface area is 89.0 Å². The van der Waals surface area contributed by atoms with Gasteiger partial charge in [-0.15, -0.1) is 0 Å². The monoisotopic (exact) mass is 206 g/mol. The van der Waals surface area contributed by atoms with Gasteiger partial charge in [0, 0.05) is 0 Å². The van der Waals surface area contributed by atoms with Crippen LogP contribution in [0.15, 0.2) is 6.07 Å². The van der Waals surface area contributed by atoms with Gasteiger partial charge < -0.3 is 9.47 Å². The van der Waals surface area contributed by atoms with Crippen LogP contribution in [0.5, 0.6) is 11.5 Å². The second-order valence-corrected chi connectivity index (χ2v) is 3.63. The average molecular weight is 206 g/mol. The standard InChI is InChI=1S/C12H14O3/c1-14-11-6-8-4-3-5-9(8)10(7-13)12(11)15-2/h6-7H,3-5H2,1-2H3. The van der Waals surface area contributed by atoms with Gasteiger partial charge >= 0.3 is 0 Å². The van der Waals surface area contributed by atoms with Crippen molar-refractivity contribution in [1.29, 1.82) is 0 Å². The maximum Gasteiger partial charge on any atom is 0.171 e. The highest BCUT2D eigenvalue weighted by atomic mass is 16.5. The number of methoxy groups -OCH3 is 2. The average Bonchev–Trinajstić information content (AvgIpc) is 2.73. The zero-order valence-corrected chi connectivity index (χ0v) is 9.00. The first-order chi connectivity index (χ1) is 7.31. The summed E-state index contributed by atoms with van der Waals surface area (Å²) in [6.45, 7) is 0. The number of hydrogen-bond acceptors (Lipinski definition) is 3. The summed E-state index contributed by atoms with van der Waals surface area (Å²) in [6, 6.07) is 1.98. The number of fused-ring (bicyclic) bond motifs is 1. The molecule has 0 heterocycles. The molecule has 1 aliphatic rings. The molecule has 0 radical (unpaired) electrons. The molecule has 0 amide bonds. The van der Waals surface area contributed by atoms with Crippen LogP contribution in [0.3, 0.4) is 0 Å². The number of benzene rings is 1. The van der Waals surface area contributed by atoms with E-state index < -0.39 is 0 Å². The smallest absolute Gasteiger partial charge is 0.171 e. The topological polar surface area (TPSA) is 35.5 Å². The molecule has 0 spiro atoms. The highest BCUT2D eigenvalue weighted by Crippen LogP contribution is 2.38.